The van der Waals surface area contributed by atoms with Gasteiger partial charge in [0.1, 0.15) is 5.75 Å². The van der Waals surface area contributed by atoms with E-state index in [1.54, 1.807) is 30.2 Å². The summed E-state index contributed by atoms with van der Waals surface area (Å²) in [6.07, 6.45) is 3.83. The number of thiazole rings is 1. The van der Waals surface area contributed by atoms with Crippen LogP contribution in [-0.2, 0) is 9.53 Å². The minimum Gasteiger partial charge on any atom is -0.493 e. The van der Waals surface area contributed by atoms with Crippen molar-refractivity contribution < 1.29 is 14.3 Å². The van der Waals surface area contributed by atoms with Crippen molar-refractivity contribution in [2.75, 3.05) is 19.5 Å². The van der Waals surface area contributed by atoms with E-state index in [2.05, 4.69) is 4.99 Å². The van der Waals surface area contributed by atoms with E-state index in [9.17, 15) is 9.59 Å². The molecule has 4 rings (SSSR count). The summed E-state index contributed by atoms with van der Waals surface area (Å²) in [5.74, 6) is 0.252. The molecule has 6 nitrogen and oxygen atoms in total. The SMILES string of the molecule is CCOC(=O)C1=C(C)N=c2sc(=Cc3ccccc3OCC)c(=O)n2C1c1ccc(SC)cc1. The largest absolute Gasteiger partial charge is 0.493 e. The Hall–Kier alpha value is -3.10. The Morgan fingerprint density at radius 3 is 2.56 bits per heavy atom. The summed E-state index contributed by atoms with van der Waals surface area (Å²) in [5, 5.41) is 0. The van der Waals surface area contributed by atoms with Gasteiger partial charge in [-0.2, -0.15) is 0 Å². The molecule has 0 bridgehead atoms. The van der Waals surface area contributed by atoms with Crippen LogP contribution in [0.5, 0.6) is 5.75 Å². The molecule has 176 valence electrons. The zero-order chi connectivity index (χ0) is 24.2. The molecule has 1 aliphatic heterocycles. The van der Waals surface area contributed by atoms with E-state index < -0.39 is 12.0 Å². The summed E-state index contributed by atoms with van der Waals surface area (Å²) in [7, 11) is 0. The minimum atomic E-state index is -0.615. The van der Waals surface area contributed by atoms with Crippen LogP contribution in [0.3, 0.4) is 0 Å². The Bertz CT molecular complexity index is 1420. The molecule has 0 amide bonds. The topological polar surface area (TPSA) is 69.9 Å². The van der Waals surface area contributed by atoms with Crippen molar-refractivity contribution in [2.24, 2.45) is 4.99 Å². The summed E-state index contributed by atoms with van der Waals surface area (Å²) < 4.78 is 13.2. The molecule has 2 heterocycles. The summed E-state index contributed by atoms with van der Waals surface area (Å²) in [4.78, 5) is 32.9. The molecule has 3 aromatic rings. The monoisotopic (exact) mass is 494 g/mol. The predicted molar refractivity (Wildman–Crippen MR) is 136 cm³/mol. The minimum absolute atomic E-state index is 0.205. The predicted octanol–water partition coefficient (Wildman–Crippen LogP) is 3.92. The fraction of sp³-hybridized carbons (Fsp3) is 0.269. The highest BCUT2D eigenvalue weighted by atomic mass is 32.2. The average Bonchev–Trinajstić information content (AvgIpc) is 3.14. The quantitative estimate of drug-likeness (QED) is 0.368. The first-order chi connectivity index (χ1) is 16.5. The number of carbonyl (C=O) groups excluding carboxylic acids is 1. The van der Waals surface area contributed by atoms with Crippen LogP contribution in [0.2, 0.25) is 0 Å². The summed E-state index contributed by atoms with van der Waals surface area (Å²) in [5.41, 5.74) is 2.38. The van der Waals surface area contributed by atoms with Crippen LogP contribution >= 0.6 is 23.1 Å². The van der Waals surface area contributed by atoms with Crippen LogP contribution in [0.4, 0.5) is 0 Å². The van der Waals surface area contributed by atoms with Crippen LogP contribution in [0.25, 0.3) is 6.08 Å². The van der Waals surface area contributed by atoms with Crippen molar-refractivity contribution in [1.82, 2.24) is 4.57 Å². The Morgan fingerprint density at radius 2 is 1.88 bits per heavy atom. The molecular weight excluding hydrogens is 468 g/mol. The number of aromatic nitrogens is 1. The molecule has 0 spiro atoms. The van der Waals surface area contributed by atoms with Gasteiger partial charge in [0.25, 0.3) is 5.56 Å². The second-order valence-electron chi connectivity index (χ2n) is 7.55. The van der Waals surface area contributed by atoms with Crippen LogP contribution in [-0.4, -0.2) is 30.0 Å². The molecule has 1 unspecified atom stereocenters. The first-order valence-corrected chi connectivity index (χ1v) is 13.1. The first kappa shape index (κ1) is 24.0. The molecule has 0 N–H and O–H groups in total. The second kappa shape index (κ2) is 10.4. The highest BCUT2D eigenvalue weighted by Gasteiger charge is 2.33. The number of ether oxygens (including phenoxy) is 2. The fourth-order valence-electron chi connectivity index (χ4n) is 3.92. The lowest BCUT2D eigenvalue weighted by Gasteiger charge is -2.24. The number of carbonyl (C=O) groups is 1. The van der Waals surface area contributed by atoms with Crippen molar-refractivity contribution in [3.05, 3.63) is 90.6 Å². The van der Waals surface area contributed by atoms with Gasteiger partial charge in [0.2, 0.25) is 0 Å². The maximum atomic E-state index is 13.7. The lowest BCUT2D eigenvalue weighted by Crippen LogP contribution is -2.39. The molecule has 0 saturated heterocycles. The van der Waals surface area contributed by atoms with Crippen molar-refractivity contribution >= 4 is 35.1 Å². The van der Waals surface area contributed by atoms with Gasteiger partial charge in [-0.25, -0.2) is 9.79 Å². The molecular formula is C26H26N2O4S2. The van der Waals surface area contributed by atoms with E-state index >= 15 is 0 Å². The van der Waals surface area contributed by atoms with Gasteiger partial charge in [0.05, 0.1) is 35.1 Å². The lowest BCUT2D eigenvalue weighted by molar-refractivity contribution is -0.139. The van der Waals surface area contributed by atoms with Crippen LogP contribution in [0.15, 0.2) is 74.5 Å². The smallest absolute Gasteiger partial charge is 0.338 e. The molecule has 0 radical (unpaired) electrons. The van der Waals surface area contributed by atoms with Crippen LogP contribution in [0.1, 0.15) is 37.9 Å². The number of nitrogens with zero attached hydrogens (tertiary/aromatic N) is 2. The van der Waals surface area contributed by atoms with Gasteiger partial charge < -0.3 is 9.47 Å². The molecule has 34 heavy (non-hydrogen) atoms. The summed E-state index contributed by atoms with van der Waals surface area (Å²) in [6, 6.07) is 14.9. The zero-order valence-corrected chi connectivity index (χ0v) is 21.2. The Morgan fingerprint density at radius 1 is 1.15 bits per heavy atom. The van der Waals surface area contributed by atoms with E-state index in [-0.39, 0.29) is 12.2 Å². The summed E-state index contributed by atoms with van der Waals surface area (Å²) >= 11 is 2.94. The van der Waals surface area contributed by atoms with Crippen molar-refractivity contribution in [3.63, 3.8) is 0 Å². The molecule has 2 aromatic carbocycles. The molecule has 1 atom stereocenters. The van der Waals surface area contributed by atoms with Crippen LogP contribution in [0, 0.1) is 0 Å². The lowest BCUT2D eigenvalue weighted by atomic mass is 9.96. The maximum Gasteiger partial charge on any atom is 0.338 e. The van der Waals surface area contributed by atoms with E-state index in [1.807, 2.05) is 67.8 Å². The Kier molecular flexibility index (Phi) is 7.38. The number of hydrogen-bond acceptors (Lipinski definition) is 7. The number of thioether (sulfide) groups is 1. The fourth-order valence-corrected chi connectivity index (χ4v) is 5.37. The standard InChI is InChI=1S/C26H26N2O4S2/c1-5-31-20-10-8-7-9-18(20)15-21-24(29)28-23(17-11-13-19(33-4)14-12-17)22(25(30)32-6-2)16(3)27-26(28)34-21/h7-15,23H,5-6H2,1-4H3. The Labute approximate surface area is 206 Å². The maximum absolute atomic E-state index is 13.7. The number of para-hydroxylation sites is 1. The van der Waals surface area contributed by atoms with E-state index in [0.29, 0.717) is 33.0 Å². The van der Waals surface area contributed by atoms with Crippen LogP contribution < -0.4 is 19.6 Å². The third kappa shape index (κ3) is 4.60. The second-order valence-corrected chi connectivity index (χ2v) is 9.44. The van der Waals surface area contributed by atoms with Gasteiger partial charge in [-0.15, -0.1) is 11.8 Å². The first-order valence-electron chi connectivity index (χ1n) is 11.0. The van der Waals surface area contributed by atoms with Gasteiger partial charge in [0.15, 0.2) is 4.80 Å². The Balaban J connectivity index is 1.93. The third-order valence-electron chi connectivity index (χ3n) is 5.45. The van der Waals surface area contributed by atoms with E-state index in [4.69, 9.17) is 9.47 Å². The number of hydrogen-bond donors (Lipinski definition) is 0. The molecule has 0 saturated carbocycles. The molecule has 0 fully saturated rings. The highest BCUT2D eigenvalue weighted by molar-refractivity contribution is 7.98. The highest BCUT2D eigenvalue weighted by Crippen LogP contribution is 2.31. The number of benzene rings is 2. The molecule has 0 aliphatic carbocycles. The van der Waals surface area contributed by atoms with E-state index in [0.717, 1.165) is 16.0 Å². The number of allylic oxidation sites excluding steroid dienone is 1. The van der Waals surface area contributed by atoms with Gasteiger partial charge in [-0.3, -0.25) is 9.36 Å². The van der Waals surface area contributed by atoms with Gasteiger partial charge in [-0.1, -0.05) is 41.7 Å². The molecule has 8 heteroatoms. The van der Waals surface area contributed by atoms with Crippen molar-refractivity contribution in [2.45, 2.75) is 31.7 Å². The van der Waals surface area contributed by atoms with Gasteiger partial charge in [0, 0.05) is 10.5 Å². The van der Waals surface area contributed by atoms with Gasteiger partial charge >= 0.3 is 5.97 Å². The summed E-state index contributed by atoms with van der Waals surface area (Å²) in [6.45, 7) is 6.25. The van der Waals surface area contributed by atoms with Crippen molar-refractivity contribution in [1.29, 1.82) is 0 Å². The average molecular weight is 495 g/mol. The zero-order valence-electron chi connectivity index (χ0n) is 19.5. The van der Waals surface area contributed by atoms with Gasteiger partial charge in [-0.05, 0) is 56.9 Å². The normalized spacial score (nSPS) is 15.6. The number of fused-ring (bicyclic) bond motifs is 1. The third-order valence-corrected chi connectivity index (χ3v) is 7.18. The number of rotatable bonds is 7. The number of esters is 1. The van der Waals surface area contributed by atoms with E-state index in [1.165, 1.54) is 11.3 Å². The molecule has 1 aromatic heterocycles. The van der Waals surface area contributed by atoms with Crippen molar-refractivity contribution in [3.8, 4) is 5.75 Å². The molecule has 1 aliphatic rings.